The molecule has 0 spiro atoms. The highest BCUT2D eigenvalue weighted by atomic mass is 16.7. The van der Waals surface area contributed by atoms with Crippen molar-refractivity contribution in [2.24, 2.45) is 40.4 Å². The molecule has 0 aromatic heterocycles. The number of hydrogen-bond acceptors (Lipinski definition) is 6. The lowest BCUT2D eigenvalue weighted by molar-refractivity contribution is -0.303. The topological polar surface area (TPSA) is 116 Å². The zero-order valence-electron chi connectivity index (χ0n) is 20.1. The van der Waals surface area contributed by atoms with Gasteiger partial charge in [-0.3, -0.25) is 4.79 Å². The Labute approximate surface area is 196 Å². The summed E-state index contributed by atoms with van der Waals surface area (Å²) in [4.78, 5) is 12.4. The highest BCUT2D eigenvalue weighted by molar-refractivity contribution is 5.71. The molecule has 1 heterocycles. The van der Waals surface area contributed by atoms with Crippen molar-refractivity contribution >= 4 is 5.97 Å². The monoisotopic (exact) mass is 466 g/mol. The van der Waals surface area contributed by atoms with Crippen LogP contribution in [0.5, 0.6) is 0 Å². The van der Waals surface area contributed by atoms with Crippen LogP contribution in [0.25, 0.3) is 0 Å². The first-order valence-corrected chi connectivity index (χ1v) is 13.2. The molecule has 5 rings (SSSR count). The summed E-state index contributed by atoms with van der Waals surface area (Å²) in [5.41, 5.74) is -0.0773. The molecule has 5 fully saturated rings. The molecule has 0 amide bonds. The van der Waals surface area contributed by atoms with Gasteiger partial charge in [0.15, 0.2) is 6.29 Å². The lowest BCUT2D eigenvalue weighted by atomic mass is 9.44. The lowest BCUT2D eigenvalue weighted by Gasteiger charge is -2.60. The largest absolute Gasteiger partial charge is 0.481 e. The van der Waals surface area contributed by atoms with Crippen LogP contribution in [0.4, 0.5) is 0 Å². The van der Waals surface area contributed by atoms with E-state index < -0.39 is 48.0 Å². The van der Waals surface area contributed by atoms with E-state index in [4.69, 9.17) is 9.47 Å². The van der Waals surface area contributed by atoms with E-state index in [1.165, 1.54) is 38.5 Å². The zero-order valence-corrected chi connectivity index (χ0v) is 20.1. The van der Waals surface area contributed by atoms with Gasteiger partial charge in [0.25, 0.3) is 0 Å². The molecule has 0 radical (unpaired) electrons. The summed E-state index contributed by atoms with van der Waals surface area (Å²) in [5, 5.41) is 40.8. The van der Waals surface area contributed by atoms with Gasteiger partial charge in [0.1, 0.15) is 18.3 Å². The van der Waals surface area contributed by atoms with Crippen molar-refractivity contribution in [3.8, 4) is 0 Å². The second-order valence-corrected chi connectivity index (χ2v) is 12.1. The van der Waals surface area contributed by atoms with Gasteiger partial charge in [-0.2, -0.15) is 0 Å². The second-order valence-electron chi connectivity index (χ2n) is 12.1. The summed E-state index contributed by atoms with van der Waals surface area (Å²) >= 11 is 0. The van der Waals surface area contributed by atoms with Crippen molar-refractivity contribution in [3.05, 3.63) is 0 Å². The van der Waals surface area contributed by atoms with E-state index in [1.54, 1.807) is 6.92 Å². The molecule has 1 aliphatic heterocycles. The summed E-state index contributed by atoms with van der Waals surface area (Å²) in [6, 6.07) is 0. The predicted octanol–water partition coefficient (Wildman–Crippen LogP) is 2.94. The molecule has 33 heavy (non-hydrogen) atoms. The van der Waals surface area contributed by atoms with E-state index in [0.717, 1.165) is 25.2 Å². The number of hydrogen-bond donors (Lipinski definition) is 4. The fourth-order valence-electron chi connectivity index (χ4n) is 9.14. The predicted molar refractivity (Wildman–Crippen MR) is 120 cm³/mol. The van der Waals surface area contributed by atoms with E-state index in [2.05, 4.69) is 6.92 Å². The van der Waals surface area contributed by atoms with E-state index in [9.17, 15) is 25.2 Å². The van der Waals surface area contributed by atoms with Gasteiger partial charge < -0.3 is 29.9 Å². The molecule has 1 saturated heterocycles. The lowest BCUT2D eigenvalue weighted by Crippen LogP contribution is -2.59. The molecule has 7 nitrogen and oxygen atoms in total. The second kappa shape index (κ2) is 8.74. The van der Waals surface area contributed by atoms with Crippen LogP contribution in [0.1, 0.15) is 78.1 Å². The minimum absolute atomic E-state index is 0.218. The zero-order chi connectivity index (χ0) is 23.5. The average molecular weight is 467 g/mol. The molecular formula is C26H42O7. The molecule has 12 atom stereocenters. The van der Waals surface area contributed by atoms with Crippen molar-refractivity contribution in [1.82, 2.24) is 0 Å². The third-order valence-electron chi connectivity index (χ3n) is 10.9. The van der Waals surface area contributed by atoms with Gasteiger partial charge in [-0.15, -0.1) is 0 Å². The van der Waals surface area contributed by atoms with Crippen molar-refractivity contribution in [1.29, 1.82) is 0 Å². The number of ether oxygens (including phenoxy) is 2. The number of carboxylic acid groups (broad SMARTS) is 1. The van der Waals surface area contributed by atoms with Gasteiger partial charge in [-0.25, -0.2) is 0 Å². The fourth-order valence-corrected chi connectivity index (χ4v) is 9.14. The van der Waals surface area contributed by atoms with Crippen LogP contribution >= 0.6 is 0 Å². The number of fused-ring (bicyclic) bond motifs is 5. The van der Waals surface area contributed by atoms with Crippen LogP contribution in [0.2, 0.25) is 0 Å². The van der Waals surface area contributed by atoms with Crippen LogP contribution < -0.4 is 0 Å². The third kappa shape index (κ3) is 3.68. The van der Waals surface area contributed by atoms with Gasteiger partial charge >= 0.3 is 5.97 Å². The number of aliphatic hydroxyl groups is 3. The summed E-state index contributed by atoms with van der Waals surface area (Å²) in [7, 11) is 0. The summed E-state index contributed by atoms with van der Waals surface area (Å²) < 4.78 is 11.8. The molecular weight excluding hydrogens is 424 g/mol. The Kier molecular flexibility index (Phi) is 6.35. The SMILES string of the molecule is C[C@@H]1O[C@@H](OC[C@]23CC[C@H]4[C@@H](CCC5CCCC[C@@]54C)[C@@H]2CCC3C(=O)O)[C@H](O)[C@H](O)[C@H]1O. The molecule has 5 aliphatic rings. The first-order chi connectivity index (χ1) is 15.7. The molecule has 4 N–H and O–H groups in total. The molecule has 0 bridgehead atoms. The fraction of sp³-hybridized carbons (Fsp3) is 0.962. The van der Waals surface area contributed by atoms with Crippen LogP contribution in [0.15, 0.2) is 0 Å². The summed E-state index contributed by atoms with van der Waals surface area (Å²) in [6.45, 7) is 4.37. The Bertz CT molecular complexity index is 744. The van der Waals surface area contributed by atoms with E-state index in [1.807, 2.05) is 0 Å². The number of aliphatic carboxylic acids is 1. The Morgan fingerprint density at radius 2 is 1.73 bits per heavy atom. The Balaban J connectivity index is 1.38. The maximum absolute atomic E-state index is 12.4. The molecule has 7 heteroatoms. The van der Waals surface area contributed by atoms with E-state index in [-0.39, 0.29) is 6.61 Å². The average Bonchev–Trinajstić information content (AvgIpc) is 3.19. The number of rotatable bonds is 4. The quantitative estimate of drug-likeness (QED) is 0.503. The van der Waals surface area contributed by atoms with E-state index in [0.29, 0.717) is 29.6 Å². The molecule has 0 aromatic rings. The minimum atomic E-state index is -1.36. The number of aliphatic hydroxyl groups excluding tert-OH is 3. The molecule has 4 saturated carbocycles. The number of carbonyl (C=O) groups is 1. The maximum atomic E-state index is 12.4. The Hall–Kier alpha value is -0.730. The van der Waals surface area contributed by atoms with Gasteiger partial charge in [-0.05, 0) is 87.4 Å². The van der Waals surface area contributed by atoms with Crippen molar-refractivity contribution in [2.75, 3.05) is 6.61 Å². The summed E-state index contributed by atoms with van der Waals surface area (Å²) in [6.07, 6.45) is 5.64. The van der Waals surface area contributed by atoms with Crippen molar-refractivity contribution in [3.63, 3.8) is 0 Å². The molecule has 0 aromatic carbocycles. The maximum Gasteiger partial charge on any atom is 0.307 e. The smallest absolute Gasteiger partial charge is 0.307 e. The van der Waals surface area contributed by atoms with Gasteiger partial charge in [-0.1, -0.05) is 19.8 Å². The highest BCUT2D eigenvalue weighted by Crippen LogP contribution is 2.67. The third-order valence-corrected chi connectivity index (χ3v) is 10.9. The molecule has 188 valence electrons. The first kappa shape index (κ1) is 24.0. The van der Waals surface area contributed by atoms with Crippen LogP contribution in [0.3, 0.4) is 0 Å². The summed E-state index contributed by atoms with van der Waals surface area (Å²) in [5.74, 6) is 1.13. The number of carboxylic acids is 1. The highest BCUT2D eigenvalue weighted by Gasteiger charge is 2.63. The van der Waals surface area contributed by atoms with Crippen LogP contribution in [0, 0.1) is 40.4 Å². The normalized spacial score (nSPS) is 54.2. The molecule has 4 aliphatic carbocycles. The van der Waals surface area contributed by atoms with Gasteiger partial charge in [0, 0.05) is 5.41 Å². The van der Waals surface area contributed by atoms with E-state index >= 15 is 0 Å². The van der Waals surface area contributed by atoms with Crippen molar-refractivity contribution < 1.29 is 34.7 Å². The molecule has 2 unspecified atom stereocenters. The van der Waals surface area contributed by atoms with Gasteiger partial charge in [0.05, 0.1) is 18.6 Å². The van der Waals surface area contributed by atoms with Crippen LogP contribution in [-0.4, -0.2) is 63.7 Å². The van der Waals surface area contributed by atoms with Gasteiger partial charge in [0.2, 0.25) is 0 Å². The standard InChI is InChI=1S/C26H42O7/c1-14-20(27)21(28)22(29)24(33-14)32-13-26-12-10-17-16(18(26)8-9-19(26)23(30)31)7-6-15-5-3-4-11-25(15,17)2/h14-22,24,27-29H,3-13H2,1-2H3,(H,30,31)/t14-,15?,16+,17-,18-,19?,20-,21+,22+,24+,25-,26+/m0/s1. The van der Waals surface area contributed by atoms with Crippen LogP contribution in [-0.2, 0) is 14.3 Å². The van der Waals surface area contributed by atoms with Crippen molar-refractivity contribution in [2.45, 2.75) is 109 Å². The Morgan fingerprint density at radius 1 is 0.939 bits per heavy atom. The minimum Gasteiger partial charge on any atom is -0.481 e. The first-order valence-electron chi connectivity index (χ1n) is 13.2. The Morgan fingerprint density at radius 3 is 2.48 bits per heavy atom.